The quantitative estimate of drug-likeness (QED) is 0.641. The topological polar surface area (TPSA) is 95.7 Å². The maximum absolute atomic E-state index is 11.3. The van der Waals surface area contributed by atoms with Gasteiger partial charge in [-0.1, -0.05) is 12.1 Å². The Kier molecular flexibility index (Phi) is 3.48. The number of nitro benzene ring substituents is 1. The summed E-state index contributed by atoms with van der Waals surface area (Å²) < 4.78 is 0. The Hall–Kier alpha value is -2.57. The van der Waals surface area contributed by atoms with Gasteiger partial charge in [0.1, 0.15) is 17.6 Å². The molecule has 1 aromatic carbocycles. The van der Waals surface area contributed by atoms with Crippen LogP contribution in [0, 0.1) is 10.1 Å². The molecule has 2 heterocycles. The number of carboxylic acids is 1. The van der Waals surface area contributed by atoms with Crippen molar-refractivity contribution in [2.24, 2.45) is 0 Å². The Bertz CT molecular complexity index is 683. The summed E-state index contributed by atoms with van der Waals surface area (Å²) in [5, 5.41) is 23.6. The van der Waals surface area contributed by atoms with Gasteiger partial charge in [-0.15, -0.1) is 0 Å². The average molecular weight is 303 g/mol. The second-order valence-electron chi connectivity index (χ2n) is 5.66. The van der Waals surface area contributed by atoms with Gasteiger partial charge in [0.05, 0.1) is 4.92 Å². The molecular weight excluding hydrogens is 286 g/mol. The molecule has 0 fully saturated rings. The number of allylic oxidation sites excluding steroid dienone is 1. The van der Waals surface area contributed by atoms with Crippen molar-refractivity contribution < 1.29 is 14.8 Å². The zero-order chi connectivity index (χ0) is 15.9. The van der Waals surface area contributed by atoms with Gasteiger partial charge in [-0.25, -0.2) is 4.79 Å². The lowest BCUT2D eigenvalue weighted by molar-refractivity contribution is -0.384. The van der Waals surface area contributed by atoms with Gasteiger partial charge in [0.2, 0.25) is 0 Å². The summed E-state index contributed by atoms with van der Waals surface area (Å²) in [7, 11) is 1.75. The molecule has 116 valence electrons. The number of nitrogens with zero attached hydrogens (tertiary/aromatic N) is 2. The number of aliphatic carboxylic acids is 1. The molecule has 1 aromatic rings. The van der Waals surface area contributed by atoms with Crippen molar-refractivity contribution in [3.8, 4) is 0 Å². The lowest BCUT2D eigenvalue weighted by atomic mass is 9.94. The fourth-order valence-electron chi connectivity index (χ4n) is 3.27. The highest BCUT2D eigenvalue weighted by atomic mass is 16.6. The summed E-state index contributed by atoms with van der Waals surface area (Å²) in [5.41, 5.74) is 2.61. The number of nitrogens with one attached hydrogen (secondary N) is 1. The van der Waals surface area contributed by atoms with Crippen LogP contribution in [0.25, 0.3) is 0 Å². The minimum absolute atomic E-state index is 0.0458. The molecule has 1 atom stereocenters. The fourth-order valence-corrected chi connectivity index (χ4v) is 3.27. The minimum Gasteiger partial charge on any atom is -0.480 e. The van der Waals surface area contributed by atoms with Crippen molar-refractivity contribution in [2.75, 3.05) is 11.9 Å². The predicted molar refractivity (Wildman–Crippen MR) is 80.6 cm³/mol. The first-order chi connectivity index (χ1) is 10.5. The number of benzene rings is 1. The second-order valence-corrected chi connectivity index (χ2v) is 5.66. The highest BCUT2D eigenvalue weighted by Gasteiger charge is 2.33. The molecule has 0 saturated heterocycles. The summed E-state index contributed by atoms with van der Waals surface area (Å²) in [6.07, 6.45) is 2.77. The molecule has 0 radical (unpaired) electrons. The van der Waals surface area contributed by atoms with E-state index >= 15 is 0 Å². The lowest BCUT2D eigenvalue weighted by Crippen LogP contribution is -2.42. The van der Waals surface area contributed by atoms with Crippen molar-refractivity contribution >= 4 is 17.3 Å². The Balaban J connectivity index is 2.05. The monoisotopic (exact) mass is 303 g/mol. The summed E-state index contributed by atoms with van der Waals surface area (Å²) in [6, 6.07) is 4.41. The van der Waals surface area contributed by atoms with E-state index in [1.54, 1.807) is 18.0 Å². The number of fused-ring (bicyclic) bond motifs is 1. The maximum atomic E-state index is 11.3. The highest BCUT2D eigenvalue weighted by Crippen LogP contribution is 2.40. The van der Waals surface area contributed by atoms with Crippen LogP contribution in [0.3, 0.4) is 0 Å². The van der Waals surface area contributed by atoms with E-state index in [1.807, 2.05) is 6.07 Å². The van der Waals surface area contributed by atoms with E-state index in [4.69, 9.17) is 0 Å². The summed E-state index contributed by atoms with van der Waals surface area (Å²) in [6.45, 7) is 0. The van der Waals surface area contributed by atoms with E-state index in [-0.39, 0.29) is 5.69 Å². The molecule has 2 aliphatic rings. The first-order valence-corrected chi connectivity index (χ1v) is 7.20. The Morgan fingerprint density at radius 1 is 1.50 bits per heavy atom. The number of anilines is 1. The molecule has 0 amide bonds. The largest absolute Gasteiger partial charge is 0.480 e. The summed E-state index contributed by atoms with van der Waals surface area (Å²) in [5.74, 6) is -0.192. The number of nitro groups is 1. The van der Waals surface area contributed by atoms with Crippen LogP contribution in [0.4, 0.5) is 11.4 Å². The Labute approximate surface area is 127 Å². The first kappa shape index (κ1) is 14.4. The lowest BCUT2D eigenvalue weighted by Gasteiger charge is -2.32. The zero-order valence-electron chi connectivity index (χ0n) is 12.2. The van der Waals surface area contributed by atoms with Crippen LogP contribution in [-0.4, -0.2) is 29.1 Å². The second kappa shape index (κ2) is 5.32. The molecule has 1 unspecified atom stereocenters. The third kappa shape index (κ3) is 2.28. The van der Waals surface area contributed by atoms with Gasteiger partial charge >= 0.3 is 5.97 Å². The van der Waals surface area contributed by atoms with Crippen LogP contribution in [0.1, 0.15) is 24.8 Å². The number of carbonyl (C=O) groups is 1. The number of hydrogen-bond acceptors (Lipinski definition) is 5. The predicted octanol–water partition coefficient (Wildman–Crippen LogP) is 2.03. The van der Waals surface area contributed by atoms with Crippen LogP contribution in [0.2, 0.25) is 0 Å². The smallest absolute Gasteiger partial charge is 0.326 e. The molecule has 7 nitrogen and oxygen atoms in total. The van der Waals surface area contributed by atoms with Crippen molar-refractivity contribution in [3.05, 3.63) is 45.3 Å². The van der Waals surface area contributed by atoms with Gasteiger partial charge in [0, 0.05) is 13.1 Å². The first-order valence-electron chi connectivity index (χ1n) is 7.20. The van der Waals surface area contributed by atoms with Gasteiger partial charge in [-0.05, 0) is 36.8 Å². The van der Waals surface area contributed by atoms with Crippen LogP contribution < -0.4 is 10.2 Å². The number of rotatable bonds is 2. The molecular formula is C15H17N3O4. The maximum Gasteiger partial charge on any atom is 0.326 e. The summed E-state index contributed by atoms with van der Waals surface area (Å²) in [4.78, 5) is 23.9. The standard InChI is InChI=1S/C15H17N3O4/c1-17-13-9(4-3-7-12(13)18(21)22)8-10-5-2-6-11(15(19)20)16-14(10)17/h3-4,7,11,16H,2,5-6,8H2,1H3,(H,19,20). The molecule has 0 aromatic heterocycles. The van der Waals surface area contributed by atoms with Gasteiger partial charge in [0.15, 0.2) is 0 Å². The molecule has 0 spiro atoms. The van der Waals surface area contributed by atoms with E-state index < -0.39 is 16.9 Å². The Morgan fingerprint density at radius 3 is 2.95 bits per heavy atom. The molecule has 0 saturated carbocycles. The molecule has 0 aliphatic carbocycles. The van der Waals surface area contributed by atoms with E-state index in [2.05, 4.69) is 5.32 Å². The molecule has 0 bridgehead atoms. The molecule has 2 N–H and O–H groups in total. The van der Waals surface area contributed by atoms with Gasteiger partial charge < -0.3 is 15.3 Å². The van der Waals surface area contributed by atoms with Crippen molar-refractivity contribution in [3.63, 3.8) is 0 Å². The average Bonchev–Trinajstić information content (AvgIpc) is 2.69. The van der Waals surface area contributed by atoms with E-state index in [0.717, 1.165) is 24.0 Å². The van der Waals surface area contributed by atoms with E-state index in [0.29, 0.717) is 24.4 Å². The number of para-hydroxylation sites is 1. The summed E-state index contributed by atoms with van der Waals surface area (Å²) >= 11 is 0. The van der Waals surface area contributed by atoms with Crippen LogP contribution in [-0.2, 0) is 11.2 Å². The van der Waals surface area contributed by atoms with Gasteiger partial charge in [0.25, 0.3) is 5.69 Å². The number of carboxylic acid groups (broad SMARTS) is 1. The third-order valence-corrected chi connectivity index (χ3v) is 4.28. The molecule has 7 heteroatoms. The fraction of sp³-hybridized carbons (Fsp3) is 0.400. The van der Waals surface area contributed by atoms with Gasteiger partial charge in [-0.3, -0.25) is 10.1 Å². The van der Waals surface area contributed by atoms with Crippen LogP contribution >= 0.6 is 0 Å². The molecule has 22 heavy (non-hydrogen) atoms. The number of hydrogen-bond donors (Lipinski definition) is 2. The van der Waals surface area contributed by atoms with Crippen molar-refractivity contribution in [1.82, 2.24) is 5.32 Å². The molecule has 3 rings (SSSR count). The van der Waals surface area contributed by atoms with Crippen molar-refractivity contribution in [2.45, 2.75) is 31.7 Å². The normalized spacial score (nSPS) is 20.6. The van der Waals surface area contributed by atoms with Crippen LogP contribution in [0.15, 0.2) is 29.6 Å². The SMILES string of the molecule is CN1C2=C(CCCC(C(=O)O)N2)Cc2cccc([N+](=O)[O-])c21. The zero-order valence-corrected chi connectivity index (χ0v) is 12.2. The van der Waals surface area contributed by atoms with E-state index in [9.17, 15) is 20.0 Å². The molecule has 2 aliphatic heterocycles. The van der Waals surface area contributed by atoms with Gasteiger partial charge in [-0.2, -0.15) is 0 Å². The highest BCUT2D eigenvalue weighted by molar-refractivity contribution is 5.76. The minimum atomic E-state index is -0.893. The Morgan fingerprint density at radius 2 is 2.27 bits per heavy atom. The van der Waals surface area contributed by atoms with E-state index in [1.165, 1.54) is 6.07 Å². The van der Waals surface area contributed by atoms with Crippen molar-refractivity contribution in [1.29, 1.82) is 0 Å². The van der Waals surface area contributed by atoms with Crippen LogP contribution in [0.5, 0.6) is 0 Å². The third-order valence-electron chi connectivity index (χ3n) is 4.28.